The maximum atomic E-state index is 3.49. The molecule has 2 rings (SSSR count). The minimum Gasteiger partial charge on any atom is -0.371 e. The van der Waals surface area contributed by atoms with Crippen molar-refractivity contribution in [3.8, 4) is 0 Å². The van der Waals surface area contributed by atoms with Gasteiger partial charge in [-0.1, -0.05) is 32.9 Å². The largest absolute Gasteiger partial charge is 0.371 e. The summed E-state index contributed by atoms with van der Waals surface area (Å²) in [5.41, 5.74) is 4.25. The van der Waals surface area contributed by atoms with Crippen LogP contribution in [0.2, 0.25) is 0 Å². The molecule has 0 aliphatic heterocycles. The summed E-state index contributed by atoms with van der Waals surface area (Å²) < 4.78 is 0. The van der Waals surface area contributed by atoms with Gasteiger partial charge in [-0.3, -0.25) is 0 Å². The van der Waals surface area contributed by atoms with E-state index in [0.717, 1.165) is 12.5 Å². The van der Waals surface area contributed by atoms with Gasteiger partial charge in [-0.2, -0.15) is 0 Å². The van der Waals surface area contributed by atoms with Gasteiger partial charge in [0.25, 0.3) is 0 Å². The first-order chi connectivity index (χ1) is 9.60. The summed E-state index contributed by atoms with van der Waals surface area (Å²) in [6, 6.07) is 7.50. The van der Waals surface area contributed by atoms with Gasteiger partial charge in [-0.15, -0.1) is 0 Å². The number of hydrogen-bond donors (Lipinski definition) is 1. The van der Waals surface area contributed by atoms with Crippen molar-refractivity contribution < 1.29 is 0 Å². The number of nitrogens with zero attached hydrogens (tertiary/aromatic N) is 1. The van der Waals surface area contributed by atoms with E-state index in [4.69, 9.17) is 0 Å². The van der Waals surface area contributed by atoms with Crippen LogP contribution in [0.4, 0.5) is 5.69 Å². The second-order valence-corrected chi connectivity index (χ2v) is 6.55. The van der Waals surface area contributed by atoms with Crippen molar-refractivity contribution in [1.29, 1.82) is 0 Å². The number of anilines is 1. The zero-order chi connectivity index (χ0) is 14.5. The van der Waals surface area contributed by atoms with Gasteiger partial charge in [-0.05, 0) is 49.3 Å². The molecular formula is C18H30N2. The maximum Gasteiger partial charge on any atom is 0.0396 e. The van der Waals surface area contributed by atoms with Crippen LogP contribution in [0.25, 0.3) is 0 Å². The molecule has 1 saturated carbocycles. The van der Waals surface area contributed by atoms with Gasteiger partial charge in [0.15, 0.2) is 0 Å². The second kappa shape index (κ2) is 7.12. The average molecular weight is 274 g/mol. The third-order valence-corrected chi connectivity index (χ3v) is 3.99. The molecule has 0 saturated heterocycles. The molecule has 0 amide bonds. The molecule has 1 aromatic carbocycles. The summed E-state index contributed by atoms with van der Waals surface area (Å²) >= 11 is 0. The summed E-state index contributed by atoms with van der Waals surface area (Å²) in [7, 11) is 0. The molecule has 1 N–H and O–H groups in total. The van der Waals surface area contributed by atoms with Gasteiger partial charge in [0, 0.05) is 31.4 Å². The van der Waals surface area contributed by atoms with E-state index in [1.165, 1.54) is 49.2 Å². The molecule has 0 spiro atoms. The third kappa shape index (κ3) is 4.52. The van der Waals surface area contributed by atoms with Gasteiger partial charge < -0.3 is 10.2 Å². The monoisotopic (exact) mass is 274 g/mol. The molecule has 1 aliphatic carbocycles. The lowest BCUT2D eigenvalue weighted by molar-refractivity contribution is 0.588. The summed E-state index contributed by atoms with van der Waals surface area (Å²) in [4.78, 5) is 2.59. The van der Waals surface area contributed by atoms with Crippen molar-refractivity contribution >= 4 is 5.69 Å². The molecule has 1 aliphatic rings. The zero-order valence-electron chi connectivity index (χ0n) is 13.6. The third-order valence-electron chi connectivity index (χ3n) is 3.99. The van der Waals surface area contributed by atoms with Crippen LogP contribution in [-0.2, 0) is 6.54 Å². The number of rotatable bonds is 8. The van der Waals surface area contributed by atoms with E-state index < -0.39 is 0 Å². The van der Waals surface area contributed by atoms with E-state index in [1.807, 2.05) is 0 Å². The lowest BCUT2D eigenvalue weighted by Crippen LogP contribution is -2.27. The minimum absolute atomic E-state index is 0.543. The Morgan fingerprint density at radius 2 is 2.05 bits per heavy atom. The highest BCUT2D eigenvalue weighted by Gasteiger charge is 2.24. The summed E-state index contributed by atoms with van der Waals surface area (Å²) in [6.07, 6.45) is 4.08. The van der Waals surface area contributed by atoms with Crippen molar-refractivity contribution in [2.75, 3.05) is 18.0 Å². The first-order valence-corrected chi connectivity index (χ1v) is 8.18. The predicted octanol–water partition coefficient (Wildman–Crippen LogP) is 4.12. The molecule has 1 fully saturated rings. The van der Waals surface area contributed by atoms with E-state index in [2.05, 4.69) is 56.1 Å². The minimum atomic E-state index is 0.543. The highest BCUT2D eigenvalue weighted by molar-refractivity contribution is 5.54. The normalized spacial score (nSPS) is 14.8. The van der Waals surface area contributed by atoms with Gasteiger partial charge in [-0.25, -0.2) is 0 Å². The van der Waals surface area contributed by atoms with E-state index in [9.17, 15) is 0 Å². The van der Waals surface area contributed by atoms with Gasteiger partial charge >= 0.3 is 0 Å². The van der Waals surface area contributed by atoms with Crippen LogP contribution in [0.15, 0.2) is 18.2 Å². The first kappa shape index (κ1) is 15.4. The average Bonchev–Trinajstić information content (AvgIpc) is 3.20. The van der Waals surface area contributed by atoms with E-state index in [0.29, 0.717) is 6.04 Å². The maximum absolute atomic E-state index is 3.49. The number of nitrogens with one attached hydrogen (secondary N) is 1. The van der Waals surface area contributed by atoms with E-state index in [-0.39, 0.29) is 0 Å². The van der Waals surface area contributed by atoms with E-state index >= 15 is 0 Å². The van der Waals surface area contributed by atoms with Gasteiger partial charge in [0.1, 0.15) is 0 Å². The van der Waals surface area contributed by atoms with Crippen LogP contribution in [0.5, 0.6) is 0 Å². The predicted molar refractivity (Wildman–Crippen MR) is 88.4 cm³/mol. The zero-order valence-corrected chi connectivity index (χ0v) is 13.6. The summed E-state index contributed by atoms with van der Waals surface area (Å²) in [6.45, 7) is 12.3. The van der Waals surface area contributed by atoms with Crippen LogP contribution in [0, 0.1) is 12.8 Å². The van der Waals surface area contributed by atoms with Crippen LogP contribution in [0.3, 0.4) is 0 Å². The van der Waals surface area contributed by atoms with Crippen LogP contribution in [0.1, 0.15) is 51.2 Å². The molecule has 2 nitrogen and oxygen atoms in total. The first-order valence-electron chi connectivity index (χ1n) is 8.18. The SMILES string of the molecule is CCCN(CC1CC1)c1ccc(CNC(C)C)cc1C. The lowest BCUT2D eigenvalue weighted by atomic mass is 10.1. The molecular weight excluding hydrogens is 244 g/mol. The lowest BCUT2D eigenvalue weighted by Gasteiger charge is -2.26. The van der Waals surface area contributed by atoms with Crippen molar-refractivity contribution in [3.05, 3.63) is 29.3 Å². The Balaban J connectivity index is 2.05. The highest BCUT2D eigenvalue weighted by Crippen LogP contribution is 2.32. The Kier molecular flexibility index (Phi) is 5.47. The Morgan fingerprint density at radius 3 is 2.60 bits per heavy atom. The molecule has 0 aromatic heterocycles. The number of aryl methyl sites for hydroxylation is 1. The van der Waals surface area contributed by atoms with Crippen molar-refractivity contribution in [1.82, 2.24) is 5.32 Å². The second-order valence-electron chi connectivity index (χ2n) is 6.55. The Hall–Kier alpha value is -1.02. The highest BCUT2D eigenvalue weighted by atomic mass is 15.1. The molecule has 112 valence electrons. The standard InChI is InChI=1S/C18H30N2/c1-5-10-20(13-16-6-7-16)18-9-8-17(11-15(18)4)12-19-14(2)3/h8-9,11,14,16,19H,5-7,10,12-13H2,1-4H3. The summed E-state index contributed by atoms with van der Waals surface area (Å²) in [5.74, 6) is 0.947. The van der Waals surface area contributed by atoms with Crippen molar-refractivity contribution in [3.63, 3.8) is 0 Å². The molecule has 0 atom stereocenters. The van der Waals surface area contributed by atoms with Gasteiger partial charge in [0.05, 0.1) is 0 Å². The van der Waals surface area contributed by atoms with Gasteiger partial charge in [0.2, 0.25) is 0 Å². The Labute approximate surface area is 124 Å². The molecule has 1 aromatic rings. The van der Waals surface area contributed by atoms with Crippen molar-refractivity contribution in [2.45, 2.75) is 59.5 Å². The number of hydrogen-bond acceptors (Lipinski definition) is 2. The van der Waals surface area contributed by atoms with Crippen molar-refractivity contribution in [2.24, 2.45) is 5.92 Å². The molecule has 20 heavy (non-hydrogen) atoms. The van der Waals surface area contributed by atoms with Crippen LogP contribution in [-0.4, -0.2) is 19.1 Å². The smallest absolute Gasteiger partial charge is 0.0396 e. The fraction of sp³-hybridized carbons (Fsp3) is 0.667. The molecule has 0 bridgehead atoms. The molecule has 0 radical (unpaired) electrons. The summed E-state index contributed by atoms with van der Waals surface area (Å²) in [5, 5.41) is 3.49. The number of benzene rings is 1. The molecule has 0 heterocycles. The van der Waals surface area contributed by atoms with Crippen LogP contribution < -0.4 is 10.2 Å². The quantitative estimate of drug-likeness (QED) is 0.767. The fourth-order valence-electron chi connectivity index (χ4n) is 2.70. The Bertz CT molecular complexity index is 421. The Morgan fingerprint density at radius 1 is 1.30 bits per heavy atom. The van der Waals surface area contributed by atoms with Crippen LogP contribution >= 0.6 is 0 Å². The molecule has 2 heteroatoms. The topological polar surface area (TPSA) is 15.3 Å². The van der Waals surface area contributed by atoms with E-state index in [1.54, 1.807) is 0 Å². The fourth-order valence-corrected chi connectivity index (χ4v) is 2.70. The molecule has 0 unspecified atom stereocenters.